The van der Waals surface area contributed by atoms with Crippen LogP contribution in [0.4, 0.5) is 0 Å². The second-order valence-electron chi connectivity index (χ2n) is 4.69. The fourth-order valence-electron chi connectivity index (χ4n) is 2.03. The molecular formula is C16H17ClN2O2. The minimum absolute atomic E-state index is 0.161. The zero-order valence-corrected chi connectivity index (χ0v) is 12.8. The summed E-state index contributed by atoms with van der Waals surface area (Å²) in [5.74, 6) is 0.675. The number of nitrogens with zero attached hydrogens (tertiary/aromatic N) is 1. The maximum atomic E-state index is 11.9. The Morgan fingerprint density at radius 3 is 2.81 bits per heavy atom. The molecule has 0 radical (unpaired) electrons. The monoisotopic (exact) mass is 304 g/mol. The second-order valence-corrected chi connectivity index (χ2v) is 5.08. The van der Waals surface area contributed by atoms with Crippen molar-refractivity contribution in [2.45, 2.75) is 13.3 Å². The molecule has 1 aromatic carbocycles. The minimum atomic E-state index is -0.161. The van der Waals surface area contributed by atoms with E-state index >= 15 is 0 Å². The summed E-state index contributed by atoms with van der Waals surface area (Å²) in [5.41, 5.74) is 2.74. The van der Waals surface area contributed by atoms with Crippen LogP contribution in [-0.2, 0) is 6.42 Å². The molecule has 21 heavy (non-hydrogen) atoms. The summed E-state index contributed by atoms with van der Waals surface area (Å²) in [6.07, 6.45) is 2.17. The number of hydrogen-bond donors (Lipinski definition) is 1. The molecule has 2 rings (SSSR count). The Morgan fingerprint density at radius 2 is 2.14 bits per heavy atom. The highest BCUT2D eigenvalue weighted by Crippen LogP contribution is 2.19. The van der Waals surface area contributed by atoms with Crippen molar-refractivity contribution < 1.29 is 9.53 Å². The maximum Gasteiger partial charge on any atom is 0.252 e. The Morgan fingerprint density at radius 1 is 1.33 bits per heavy atom. The Balaban J connectivity index is 1.93. The van der Waals surface area contributed by atoms with Crippen molar-refractivity contribution in [3.8, 4) is 5.75 Å². The van der Waals surface area contributed by atoms with E-state index in [4.69, 9.17) is 16.3 Å². The van der Waals surface area contributed by atoms with E-state index < -0.39 is 0 Å². The number of aryl methyl sites for hydroxylation is 1. The van der Waals surface area contributed by atoms with Gasteiger partial charge in [-0.15, -0.1) is 0 Å². The van der Waals surface area contributed by atoms with Crippen molar-refractivity contribution in [3.63, 3.8) is 0 Å². The largest absolute Gasteiger partial charge is 0.496 e. The predicted molar refractivity (Wildman–Crippen MR) is 83.0 cm³/mol. The lowest BCUT2D eigenvalue weighted by atomic mass is 10.1. The van der Waals surface area contributed by atoms with Crippen LogP contribution in [0.25, 0.3) is 0 Å². The van der Waals surface area contributed by atoms with Crippen LogP contribution in [0.15, 0.2) is 36.5 Å². The van der Waals surface area contributed by atoms with Crippen molar-refractivity contribution in [3.05, 3.63) is 58.4 Å². The summed E-state index contributed by atoms with van der Waals surface area (Å²) < 4.78 is 5.32. The van der Waals surface area contributed by atoms with Crippen LogP contribution in [0, 0.1) is 6.92 Å². The topological polar surface area (TPSA) is 51.2 Å². The molecule has 1 N–H and O–H groups in total. The van der Waals surface area contributed by atoms with Gasteiger partial charge in [0.15, 0.2) is 0 Å². The quantitative estimate of drug-likeness (QED) is 0.864. The van der Waals surface area contributed by atoms with Crippen molar-refractivity contribution in [2.75, 3.05) is 13.7 Å². The number of pyridine rings is 1. The number of nitrogens with one attached hydrogen (secondary N) is 1. The van der Waals surface area contributed by atoms with E-state index in [-0.39, 0.29) is 5.91 Å². The van der Waals surface area contributed by atoms with Crippen molar-refractivity contribution >= 4 is 17.5 Å². The molecule has 1 amide bonds. The Kier molecular flexibility index (Phi) is 5.17. The number of hydrogen-bond acceptors (Lipinski definition) is 3. The zero-order valence-electron chi connectivity index (χ0n) is 12.0. The van der Waals surface area contributed by atoms with Crippen LogP contribution in [0.1, 0.15) is 21.5 Å². The van der Waals surface area contributed by atoms with Crippen LogP contribution < -0.4 is 10.1 Å². The Labute approximate surface area is 129 Å². The molecule has 2 aromatic rings. The molecule has 0 atom stereocenters. The minimum Gasteiger partial charge on any atom is -0.496 e. The lowest BCUT2D eigenvalue weighted by molar-refractivity contribution is 0.0953. The van der Waals surface area contributed by atoms with E-state index in [1.807, 2.05) is 19.1 Å². The van der Waals surface area contributed by atoms with Gasteiger partial charge in [-0.3, -0.25) is 4.79 Å². The molecule has 1 aromatic heterocycles. The van der Waals surface area contributed by atoms with E-state index in [2.05, 4.69) is 16.4 Å². The molecule has 0 bridgehead atoms. The first kappa shape index (κ1) is 15.3. The van der Waals surface area contributed by atoms with Crippen LogP contribution in [0.2, 0.25) is 5.15 Å². The summed E-state index contributed by atoms with van der Waals surface area (Å²) >= 11 is 5.69. The van der Waals surface area contributed by atoms with Crippen LogP contribution in [-0.4, -0.2) is 24.5 Å². The summed E-state index contributed by atoms with van der Waals surface area (Å²) in [6, 6.07) is 9.25. The summed E-state index contributed by atoms with van der Waals surface area (Å²) in [7, 11) is 1.64. The van der Waals surface area contributed by atoms with E-state index in [0.29, 0.717) is 23.7 Å². The van der Waals surface area contributed by atoms with Gasteiger partial charge in [0.1, 0.15) is 10.9 Å². The molecule has 5 heteroatoms. The second kappa shape index (κ2) is 7.09. The third-order valence-electron chi connectivity index (χ3n) is 3.11. The first-order valence-corrected chi connectivity index (χ1v) is 7.01. The van der Waals surface area contributed by atoms with E-state index in [1.165, 1.54) is 11.8 Å². The summed E-state index contributed by atoms with van der Waals surface area (Å²) in [6.45, 7) is 2.56. The molecule has 0 spiro atoms. The van der Waals surface area contributed by atoms with Gasteiger partial charge in [-0.25, -0.2) is 4.98 Å². The lowest BCUT2D eigenvalue weighted by Crippen LogP contribution is -2.25. The number of ether oxygens (including phenoxy) is 1. The molecule has 0 saturated carbocycles. The van der Waals surface area contributed by atoms with Gasteiger partial charge in [0.05, 0.1) is 12.7 Å². The normalized spacial score (nSPS) is 10.2. The van der Waals surface area contributed by atoms with Gasteiger partial charge in [0, 0.05) is 12.7 Å². The summed E-state index contributed by atoms with van der Waals surface area (Å²) in [5, 5.41) is 3.23. The number of rotatable bonds is 5. The Bertz CT molecular complexity index is 627. The molecular weight excluding hydrogens is 288 g/mol. The van der Waals surface area contributed by atoms with Crippen LogP contribution in [0.3, 0.4) is 0 Å². The van der Waals surface area contributed by atoms with E-state index in [1.54, 1.807) is 19.2 Å². The third-order valence-corrected chi connectivity index (χ3v) is 3.33. The van der Waals surface area contributed by atoms with Gasteiger partial charge in [0.2, 0.25) is 0 Å². The lowest BCUT2D eigenvalue weighted by Gasteiger charge is -2.10. The molecule has 0 aliphatic carbocycles. The van der Waals surface area contributed by atoms with E-state index in [0.717, 1.165) is 11.3 Å². The van der Waals surface area contributed by atoms with Crippen molar-refractivity contribution in [1.29, 1.82) is 0 Å². The SMILES string of the molecule is COc1ccc(C)cc1CCNC(=O)c1ccc(Cl)nc1. The van der Waals surface area contributed by atoms with E-state index in [9.17, 15) is 4.79 Å². The number of carbonyl (C=O) groups excluding carboxylic acids is 1. The summed E-state index contributed by atoms with van der Waals surface area (Å²) in [4.78, 5) is 15.8. The van der Waals surface area contributed by atoms with Gasteiger partial charge in [-0.2, -0.15) is 0 Å². The molecule has 0 aliphatic heterocycles. The first-order chi connectivity index (χ1) is 10.1. The maximum absolute atomic E-state index is 11.9. The molecule has 0 saturated heterocycles. The molecule has 0 aliphatic rings. The van der Waals surface area contributed by atoms with Crippen LogP contribution >= 0.6 is 11.6 Å². The standard InChI is InChI=1S/C16H17ClN2O2/c1-11-3-5-14(21-2)12(9-11)7-8-18-16(20)13-4-6-15(17)19-10-13/h3-6,9-10H,7-8H2,1-2H3,(H,18,20). The first-order valence-electron chi connectivity index (χ1n) is 6.63. The van der Waals surface area contributed by atoms with Gasteiger partial charge in [-0.05, 0) is 37.1 Å². The predicted octanol–water partition coefficient (Wildman–Crippen LogP) is 3.02. The molecule has 4 nitrogen and oxygen atoms in total. The average Bonchev–Trinajstić information content (AvgIpc) is 2.48. The number of benzene rings is 1. The number of amides is 1. The average molecular weight is 305 g/mol. The van der Waals surface area contributed by atoms with Gasteiger partial charge < -0.3 is 10.1 Å². The fraction of sp³-hybridized carbons (Fsp3) is 0.250. The Hall–Kier alpha value is -2.07. The molecule has 0 fully saturated rings. The van der Waals surface area contributed by atoms with Gasteiger partial charge >= 0.3 is 0 Å². The van der Waals surface area contributed by atoms with Gasteiger partial charge in [0.25, 0.3) is 5.91 Å². The van der Waals surface area contributed by atoms with Crippen LogP contribution in [0.5, 0.6) is 5.75 Å². The van der Waals surface area contributed by atoms with Crippen molar-refractivity contribution in [2.24, 2.45) is 0 Å². The number of halogens is 1. The number of aromatic nitrogens is 1. The number of carbonyl (C=O) groups is 1. The highest BCUT2D eigenvalue weighted by Gasteiger charge is 2.07. The fourth-order valence-corrected chi connectivity index (χ4v) is 2.14. The highest BCUT2D eigenvalue weighted by atomic mass is 35.5. The number of methoxy groups -OCH3 is 1. The third kappa shape index (κ3) is 4.20. The smallest absolute Gasteiger partial charge is 0.252 e. The molecule has 110 valence electrons. The zero-order chi connectivity index (χ0) is 15.2. The van der Waals surface area contributed by atoms with Gasteiger partial charge in [-0.1, -0.05) is 29.3 Å². The van der Waals surface area contributed by atoms with Crippen molar-refractivity contribution in [1.82, 2.24) is 10.3 Å². The molecule has 0 unspecified atom stereocenters. The molecule has 1 heterocycles. The highest BCUT2D eigenvalue weighted by molar-refractivity contribution is 6.29.